The summed E-state index contributed by atoms with van der Waals surface area (Å²) in [5.74, 6) is -0.440. The summed E-state index contributed by atoms with van der Waals surface area (Å²) in [5, 5.41) is 9.23. The van der Waals surface area contributed by atoms with Crippen molar-refractivity contribution in [2.45, 2.75) is 26.9 Å². The van der Waals surface area contributed by atoms with Crippen molar-refractivity contribution in [2.24, 2.45) is 0 Å². The van der Waals surface area contributed by atoms with Gasteiger partial charge in [-0.1, -0.05) is 0 Å². The van der Waals surface area contributed by atoms with Crippen molar-refractivity contribution >= 4 is 13.4 Å². The van der Waals surface area contributed by atoms with Crippen molar-refractivity contribution in [1.82, 2.24) is 0 Å². The Hall–Kier alpha value is -0.220. The van der Waals surface area contributed by atoms with Crippen LogP contribution in [0.3, 0.4) is 0 Å². The molecule has 84 valence electrons. The van der Waals surface area contributed by atoms with Gasteiger partial charge in [0.15, 0.2) is 5.78 Å². The molecule has 1 unspecified atom stereocenters. The molecule has 0 aliphatic heterocycles. The van der Waals surface area contributed by atoms with E-state index < -0.39 is 19.5 Å². The SMILES string of the molecule is CCOP(=O)(CC(O)C(C)=O)OCC. The second-order valence-electron chi connectivity index (χ2n) is 2.76. The lowest BCUT2D eigenvalue weighted by Gasteiger charge is -2.18. The zero-order valence-corrected chi connectivity index (χ0v) is 9.62. The number of carbonyl (C=O) groups excluding carboxylic acids is 1. The van der Waals surface area contributed by atoms with Crippen molar-refractivity contribution in [3.63, 3.8) is 0 Å². The number of hydrogen-bond acceptors (Lipinski definition) is 5. The first-order valence-corrected chi connectivity index (χ1v) is 6.24. The van der Waals surface area contributed by atoms with Crippen LogP contribution in [-0.2, 0) is 18.4 Å². The number of carbonyl (C=O) groups is 1. The zero-order valence-electron chi connectivity index (χ0n) is 8.73. The lowest BCUT2D eigenvalue weighted by Crippen LogP contribution is -2.23. The lowest BCUT2D eigenvalue weighted by molar-refractivity contribution is -0.124. The van der Waals surface area contributed by atoms with E-state index in [-0.39, 0.29) is 19.4 Å². The summed E-state index contributed by atoms with van der Waals surface area (Å²) in [7, 11) is -3.30. The van der Waals surface area contributed by atoms with Gasteiger partial charge >= 0.3 is 7.60 Å². The highest BCUT2D eigenvalue weighted by molar-refractivity contribution is 7.53. The Morgan fingerprint density at radius 2 is 1.79 bits per heavy atom. The number of aliphatic hydroxyl groups excluding tert-OH is 1. The average Bonchev–Trinajstić information content (AvgIpc) is 2.04. The van der Waals surface area contributed by atoms with Crippen molar-refractivity contribution in [3.8, 4) is 0 Å². The third kappa shape index (κ3) is 4.86. The molecule has 0 aromatic rings. The predicted molar refractivity (Wildman–Crippen MR) is 52.4 cm³/mol. The molecule has 0 aliphatic rings. The average molecular weight is 224 g/mol. The molecular weight excluding hydrogens is 207 g/mol. The minimum absolute atomic E-state index is 0.224. The van der Waals surface area contributed by atoms with Crippen LogP contribution in [0.25, 0.3) is 0 Å². The van der Waals surface area contributed by atoms with Crippen LogP contribution in [0.2, 0.25) is 0 Å². The molecule has 0 saturated carbocycles. The third-order valence-corrected chi connectivity index (χ3v) is 3.61. The van der Waals surface area contributed by atoms with Gasteiger partial charge in [-0.15, -0.1) is 0 Å². The molecule has 0 bridgehead atoms. The van der Waals surface area contributed by atoms with Crippen LogP contribution in [0.15, 0.2) is 0 Å². The number of aliphatic hydroxyl groups is 1. The summed E-state index contributed by atoms with van der Waals surface area (Å²) in [4.78, 5) is 10.7. The van der Waals surface area contributed by atoms with Gasteiger partial charge in [0.1, 0.15) is 6.10 Å². The maximum absolute atomic E-state index is 11.8. The van der Waals surface area contributed by atoms with Crippen LogP contribution >= 0.6 is 7.60 Å². The molecule has 0 heterocycles. The standard InChI is InChI=1S/C8H17O5P/c1-4-12-14(11,13-5-2)6-8(10)7(3)9/h8,10H,4-6H2,1-3H3. The minimum atomic E-state index is -3.30. The normalized spacial score (nSPS) is 14.0. The van der Waals surface area contributed by atoms with Crippen molar-refractivity contribution in [2.75, 3.05) is 19.4 Å². The fraction of sp³-hybridized carbons (Fsp3) is 0.875. The van der Waals surface area contributed by atoms with Gasteiger partial charge in [-0.3, -0.25) is 9.36 Å². The van der Waals surface area contributed by atoms with Crippen molar-refractivity contribution in [3.05, 3.63) is 0 Å². The molecular formula is C8H17O5P. The van der Waals surface area contributed by atoms with Crippen LogP contribution in [0, 0.1) is 0 Å². The van der Waals surface area contributed by atoms with E-state index in [0.717, 1.165) is 0 Å². The summed E-state index contributed by atoms with van der Waals surface area (Å²) >= 11 is 0. The largest absolute Gasteiger partial charge is 0.385 e. The maximum atomic E-state index is 11.8. The summed E-state index contributed by atoms with van der Waals surface area (Å²) in [6, 6.07) is 0. The van der Waals surface area contributed by atoms with E-state index in [1.54, 1.807) is 13.8 Å². The van der Waals surface area contributed by atoms with Gasteiger partial charge < -0.3 is 14.2 Å². The molecule has 0 radical (unpaired) electrons. The molecule has 5 nitrogen and oxygen atoms in total. The quantitative estimate of drug-likeness (QED) is 0.658. The smallest absolute Gasteiger partial charge is 0.333 e. The molecule has 0 saturated heterocycles. The first-order valence-electron chi connectivity index (χ1n) is 4.51. The Kier molecular flexibility index (Phi) is 6.20. The second kappa shape index (κ2) is 6.30. The molecule has 0 amide bonds. The zero-order chi connectivity index (χ0) is 11.2. The number of rotatable bonds is 7. The van der Waals surface area contributed by atoms with E-state index in [9.17, 15) is 14.5 Å². The van der Waals surface area contributed by atoms with Crippen molar-refractivity contribution in [1.29, 1.82) is 0 Å². The Morgan fingerprint density at radius 3 is 2.07 bits per heavy atom. The molecule has 14 heavy (non-hydrogen) atoms. The number of ketones is 1. The Labute approximate surface area is 83.9 Å². The van der Waals surface area contributed by atoms with Gasteiger partial charge in [-0.2, -0.15) is 0 Å². The van der Waals surface area contributed by atoms with Crippen LogP contribution < -0.4 is 0 Å². The van der Waals surface area contributed by atoms with Crippen LogP contribution in [-0.4, -0.2) is 36.4 Å². The van der Waals surface area contributed by atoms with Crippen LogP contribution in [0.1, 0.15) is 20.8 Å². The summed E-state index contributed by atoms with van der Waals surface area (Å²) in [6.45, 7) is 5.02. The molecule has 1 atom stereocenters. The highest BCUT2D eigenvalue weighted by Crippen LogP contribution is 2.48. The lowest BCUT2D eigenvalue weighted by atomic mass is 10.3. The minimum Gasteiger partial charge on any atom is -0.385 e. The molecule has 0 spiro atoms. The predicted octanol–water partition coefficient (Wildman–Crippen LogP) is 1.20. The highest BCUT2D eigenvalue weighted by atomic mass is 31.2. The number of Topliss-reactive ketones (excluding diaryl/α,β-unsaturated/α-hetero) is 1. The van der Waals surface area contributed by atoms with Gasteiger partial charge in [0.2, 0.25) is 0 Å². The van der Waals surface area contributed by atoms with E-state index in [0.29, 0.717) is 0 Å². The van der Waals surface area contributed by atoms with Crippen molar-refractivity contribution < 1.29 is 23.5 Å². The highest BCUT2D eigenvalue weighted by Gasteiger charge is 2.29. The van der Waals surface area contributed by atoms with Gasteiger partial charge in [-0.05, 0) is 20.8 Å². The first kappa shape index (κ1) is 13.8. The molecule has 0 fully saturated rings. The van der Waals surface area contributed by atoms with E-state index in [1.807, 2.05) is 0 Å². The van der Waals surface area contributed by atoms with Crippen LogP contribution in [0.4, 0.5) is 0 Å². The van der Waals surface area contributed by atoms with Gasteiger partial charge in [0.05, 0.1) is 19.4 Å². The molecule has 6 heteroatoms. The van der Waals surface area contributed by atoms with Gasteiger partial charge in [0, 0.05) is 0 Å². The molecule has 0 aliphatic carbocycles. The Balaban J connectivity index is 4.35. The molecule has 0 aromatic heterocycles. The summed E-state index contributed by atoms with van der Waals surface area (Å²) in [5.41, 5.74) is 0. The monoisotopic (exact) mass is 224 g/mol. The van der Waals surface area contributed by atoms with Gasteiger partial charge in [0.25, 0.3) is 0 Å². The van der Waals surface area contributed by atoms with Crippen LogP contribution in [0.5, 0.6) is 0 Å². The van der Waals surface area contributed by atoms with E-state index in [1.165, 1.54) is 6.92 Å². The third-order valence-electron chi connectivity index (χ3n) is 1.52. The summed E-state index contributed by atoms with van der Waals surface area (Å²) < 4.78 is 21.6. The molecule has 0 rings (SSSR count). The fourth-order valence-electron chi connectivity index (χ4n) is 0.876. The topological polar surface area (TPSA) is 72.8 Å². The maximum Gasteiger partial charge on any atom is 0.333 e. The van der Waals surface area contributed by atoms with E-state index in [4.69, 9.17) is 9.05 Å². The molecule has 1 N–H and O–H groups in total. The van der Waals surface area contributed by atoms with E-state index >= 15 is 0 Å². The number of hydrogen-bond donors (Lipinski definition) is 1. The second-order valence-corrected chi connectivity index (χ2v) is 4.86. The Bertz CT molecular complexity index is 218. The fourth-order valence-corrected chi connectivity index (χ4v) is 2.63. The van der Waals surface area contributed by atoms with E-state index in [2.05, 4.69) is 0 Å². The Morgan fingerprint density at radius 1 is 1.36 bits per heavy atom. The first-order chi connectivity index (χ1) is 6.45. The van der Waals surface area contributed by atoms with Gasteiger partial charge in [-0.25, -0.2) is 0 Å². The molecule has 0 aromatic carbocycles. The summed E-state index contributed by atoms with van der Waals surface area (Å²) in [6.07, 6.45) is -1.55.